The van der Waals surface area contributed by atoms with Crippen molar-refractivity contribution in [2.75, 3.05) is 5.73 Å². The van der Waals surface area contributed by atoms with E-state index in [1.54, 1.807) is 24.5 Å². The first-order valence-corrected chi connectivity index (χ1v) is 9.64. The monoisotopic (exact) mass is 377 g/mol. The molecule has 0 amide bonds. The van der Waals surface area contributed by atoms with Crippen LogP contribution in [0, 0.1) is 11.8 Å². The Labute approximate surface area is 162 Å². The number of fused-ring (bicyclic) bond motifs is 1. The average Bonchev–Trinajstić information content (AvgIpc) is 3.40. The van der Waals surface area contributed by atoms with Crippen molar-refractivity contribution in [2.24, 2.45) is 0 Å². The van der Waals surface area contributed by atoms with Gasteiger partial charge in [0.15, 0.2) is 0 Å². The Kier molecular flexibility index (Phi) is 4.88. The number of aliphatic hydroxyl groups is 1. The van der Waals surface area contributed by atoms with E-state index in [1.807, 2.05) is 11.5 Å². The van der Waals surface area contributed by atoms with Crippen LogP contribution in [0.5, 0.6) is 0 Å². The predicted molar refractivity (Wildman–Crippen MR) is 109 cm³/mol. The number of aromatic amines is 1. The summed E-state index contributed by atoms with van der Waals surface area (Å²) in [5.41, 5.74) is 7.74. The topological polar surface area (TPSA) is 110 Å². The van der Waals surface area contributed by atoms with E-state index in [0.29, 0.717) is 40.4 Å². The summed E-state index contributed by atoms with van der Waals surface area (Å²) in [5, 5.41) is 10.2. The minimum Gasteiger partial charge on any atom is -0.384 e. The number of anilines is 1. The van der Waals surface area contributed by atoms with E-state index in [-0.39, 0.29) is 11.5 Å². The van der Waals surface area contributed by atoms with Crippen molar-refractivity contribution in [3.8, 4) is 23.2 Å². The van der Waals surface area contributed by atoms with Gasteiger partial charge in [0.05, 0.1) is 5.39 Å². The van der Waals surface area contributed by atoms with Crippen LogP contribution >= 0.6 is 0 Å². The van der Waals surface area contributed by atoms with Crippen molar-refractivity contribution in [2.45, 2.75) is 51.2 Å². The summed E-state index contributed by atoms with van der Waals surface area (Å²) < 4.78 is 1.98. The lowest BCUT2D eigenvalue weighted by atomic mass is 10.1. The summed E-state index contributed by atoms with van der Waals surface area (Å²) in [5.74, 6) is 6.52. The molecule has 1 fully saturated rings. The molecule has 3 aromatic heterocycles. The highest BCUT2D eigenvalue weighted by molar-refractivity contribution is 5.86. The third-order valence-electron chi connectivity index (χ3n) is 5.27. The molecule has 0 aromatic carbocycles. The molecule has 0 aliphatic heterocycles. The molecule has 0 saturated heterocycles. The lowest BCUT2D eigenvalue weighted by Crippen LogP contribution is -2.21. The van der Waals surface area contributed by atoms with Crippen LogP contribution in [0.2, 0.25) is 0 Å². The van der Waals surface area contributed by atoms with Crippen molar-refractivity contribution in [1.29, 1.82) is 0 Å². The Morgan fingerprint density at radius 1 is 1.39 bits per heavy atom. The van der Waals surface area contributed by atoms with Crippen LogP contribution in [0.25, 0.3) is 22.4 Å². The zero-order valence-corrected chi connectivity index (χ0v) is 15.8. The Hall–Kier alpha value is -3.11. The molecule has 1 saturated carbocycles. The smallest absolute Gasteiger partial charge is 0.204 e. The van der Waals surface area contributed by atoms with Gasteiger partial charge in [-0.15, -0.1) is 0 Å². The van der Waals surface area contributed by atoms with Gasteiger partial charge in [-0.1, -0.05) is 25.7 Å². The van der Waals surface area contributed by atoms with Crippen LogP contribution in [0.15, 0.2) is 29.3 Å². The molecule has 0 radical (unpaired) electrons. The molecule has 7 heteroatoms. The fraction of sp³-hybridized carbons (Fsp3) is 0.381. The van der Waals surface area contributed by atoms with Crippen LogP contribution in [-0.4, -0.2) is 30.7 Å². The fourth-order valence-corrected chi connectivity index (χ4v) is 3.79. The molecule has 4 rings (SSSR count). The third-order valence-corrected chi connectivity index (χ3v) is 5.27. The Balaban J connectivity index is 1.98. The fourth-order valence-electron chi connectivity index (χ4n) is 3.79. The molecule has 7 nitrogen and oxygen atoms in total. The molecule has 3 aromatic rings. The van der Waals surface area contributed by atoms with Gasteiger partial charge in [0.2, 0.25) is 5.43 Å². The van der Waals surface area contributed by atoms with E-state index >= 15 is 0 Å². The largest absolute Gasteiger partial charge is 0.384 e. The minimum absolute atomic E-state index is 0.189. The Morgan fingerprint density at radius 2 is 2.18 bits per heavy atom. The summed E-state index contributed by atoms with van der Waals surface area (Å²) in [6.07, 6.45) is 7.36. The molecule has 4 N–H and O–H groups in total. The molecule has 28 heavy (non-hydrogen) atoms. The molecule has 1 aliphatic carbocycles. The van der Waals surface area contributed by atoms with E-state index < -0.39 is 6.10 Å². The number of pyridine rings is 2. The van der Waals surface area contributed by atoms with Gasteiger partial charge in [0.25, 0.3) is 0 Å². The number of hydrogen-bond acceptors (Lipinski definition) is 5. The van der Waals surface area contributed by atoms with Crippen LogP contribution in [0.3, 0.4) is 0 Å². The molecule has 0 spiro atoms. The van der Waals surface area contributed by atoms with Crippen molar-refractivity contribution in [3.05, 3.63) is 40.4 Å². The van der Waals surface area contributed by atoms with E-state index in [9.17, 15) is 9.90 Å². The number of nitrogens with zero attached hydrogens (tertiary/aromatic N) is 3. The second-order valence-electron chi connectivity index (χ2n) is 7.10. The number of aromatic nitrogens is 4. The van der Waals surface area contributed by atoms with Crippen molar-refractivity contribution in [3.63, 3.8) is 0 Å². The minimum atomic E-state index is -0.694. The summed E-state index contributed by atoms with van der Waals surface area (Å²) in [4.78, 5) is 25.0. The number of hydrogen-bond donors (Lipinski definition) is 3. The number of nitrogen functional groups attached to an aromatic ring is 1. The maximum atomic E-state index is 13.2. The van der Waals surface area contributed by atoms with Crippen molar-refractivity contribution < 1.29 is 5.11 Å². The first-order chi connectivity index (χ1) is 13.6. The van der Waals surface area contributed by atoms with Gasteiger partial charge < -0.3 is 20.4 Å². The highest BCUT2D eigenvalue weighted by Crippen LogP contribution is 2.35. The SMILES string of the molecule is CCC(O)C#Cc1ccc2c(=O)c(-c3ncc[nH]3)c(N)n(C3CCCC3)c2n1. The lowest BCUT2D eigenvalue weighted by Gasteiger charge is -2.21. The lowest BCUT2D eigenvalue weighted by molar-refractivity contribution is 0.228. The summed E-state index contributed by atoms with van der Waals surface area (Å²) >= 11 is 0. The standard InChI is InChI=1S/C21H23N5O2/c1-2-15(27)9-7-13-8-10-16-18(28)17(20-23-11-12-24-20)19(22)26(21(16)25-13)14-5-3-4-6-14/h8,10-12,14-15,27H,2-6,22H2,1H3,(H,23,24). The zero-order valence-electron chi connectivity index (χ0n) is 15.8. The van der Waals surface area contributed by atoms with Gasteiger partial charge in [-0.3, -0.25) is 4.79 Å². The number of rotatable bonds is 3. The van der Waals surface area contributed by atoms with Gasteiger partial charge in [-0.25, -0.2) is 9.97 Å². The van der Waals surface area contributed by atoms with E-state index in [2.05, 4.69) is 26.8 Å². The number of aliphatic hydroxyl groups excluding tert-OH is 1. The highest BCUT2D eigenvalue weighted by atomic mass is 16.3. The van der Waals surface area contributed by atoms with E-state index in [4.69, 9.17) is 5.73 Å². The van der Waals surface area contributed by atoms with Gasteiger partial charge >= 0.3 is 0 Å². The maximum absolute atomic E-state index is 13.2. The quantitative estimate of drug-likeness (QED) is 0.608. The van der Waals surface area contributed by atoms with Gasteiger partial charge in [-0.05, 0) is 37.3 Å². The normalized spacial score (nSPS) is 15.5. The summed E-state index contributed by atoms with van der Waals surface area (Å²) in [7, 11) is 0. The molecule has 1 aliphatic rings. The molecule has 0 bridgehead atoms. The summed E-state index contributed by atoms with van der Waals surface area (Å²) in [6, 6.07) is 3.64. The van der Waals surface area contributed by atoms with Crippen molar-refractivity contribution in [1.82, 2.24) is 19.5 Å². The molecule has 144 valence electrons. The molecular formula is C21H23N5O2. The first kappa shape index (κ1) is 18.3. The van der Waals surface area contributed by atoms with Gasteiger partial charge in [-0.2, -0.15) is 0 Å². The zero-order chi connectivity index (χ0) is 19.7. The maximum Gasteiger partial charge on any atom is 0.204 e. The van der Waals surface area contributed by atoms with Crippen LogP contribution in [-0.2, 0) is 0 Å². The van der Waals surface area contributed by atoms with E-state index in [0.717, 1.165) is 25.7 Å². The summed E-state index contributed by atoms with van der Waals surface area (Å²) in [6.45, 7) is 1.86. The van der Waals surface area contributed by atoms with Crippen LogP contribution in [0.4, 0.5) is 5.82 Å². The Morgan fingerprint density at radius 3 is 2.86 bits per heavy atom. The molecule has 3 heterocycles. The van der Waals surface area contributed by atoms with Crippen LogP contribution in [0.1, 0.15) is 50.8 Å². The molecular weight excluding hydrogens is 354 g/mol. The number of nitrogens with two attached hydrogens (primary N) is 1. The predicted octanol–water partition coefficient (Wildman–Crippen LogP) is 2.61. The second-order valence-corrected chi connectivity index (χ2v) is 7.10. The first-order valence-electron chi connectivity index (χ1n) is 9.64. The molecule has 1 unspecified atom stereocenters. The number of H-pyrrole nitrogens is 1. The Bertz CT molecular complexity index is 1120. The van der Waals surface area contributed by atoms with Crippen LogP contribution < -0.4 is 11.2 Å². The average molecular weight is 377 g/mol. The highest BCUT2D eigenvalue weighted by Gasteiger charge is 2.25. The van der Waals surface area contributed by atoms with Gasteiger partial charge in [0, 0.05) is 18.4 Å². The van der Waals surface area contributed by atoms with E-state index in [1.165, 1.54) is 0 Å². The number of imidazole rings is 1. The second kappa shape index (κ2) is 7.49. The molecule has 1 atom stereocenters. The third kappa shape index (κ3) is 3.16. The van der Waals surface area contributed by atoms with Crippen molar-refractivity contribution >= 4 is 16.9 Å². The number of nitrogens with one attached hydrogen (secondary N) is 1. The van der Waals surface area contributed by atoms with Gasteiger partial charge in [0.1, 0.15) is 34.7 Å².